The maximum absolute atomic E-state index is 9.36. The highest BCUT2D eigenvalue weighted by Crippen LogP contribution is 2.34. The van der Waals surface area contributed by atoms with Crippen molar-refractivity contribution in [1.82, 2.24) is 0 Å². The van der Waals surface area contributed by atoms with E-state index < -0.39 is 5.79 Å². The van der Waals surface area contributed by atoms with Crippen LogP contribution >= 0.6 is 0 Å². The molecule has 0 saturated heterocycles. The monoisotopic (exact) mass is 170 g/mol. The van der Waals surface area contributed by atoms with E-state index in [9.17, 15) is 10.2 Å². The van der Waals surface area contributed by atoms with Gasteiger partial charge in [0.2, 0.25) is 0 Å². The molecule has 0 radical (unpaired) electrons. The van der Waals surface area contributed by atoms with Gasteiger partial charge in [-0.15, -0.1) is 0 Å². The molecule has 1 aliphatic carbocycles. The van der Waals surface area contributed by atoms with Gasteiger partial charge < -0.3 is 10.2 Å². The van der Waals surface area contributed by atoms with Crippen LogP contribution in [0.4, 0.5) is 0 Å². The summed E-state index contributed by atoms with van der Waals surface area (Å²) in [4.78, 5) is 0. The summed E-state index contributed by atoms with van der Waals surface area (Å²) in [5, 5.41) is 18.7. The van der Waals surface area contributed by atoms with Gasteiger partial charge in [0.05, 0.1) is 0 Å². The first kappa shape index (κ1) is 9.75. The molecule has 0 aromatic carbocycles. The Hall–Kier alpha value is -0.340. The number of hydrogen-bond acceptors (Lipinski definition) is 2. The van der Waals surface area contributed by atoms with E-state index >= 15 is 0 Å². The molecular formula is C10H18O2. The van der Waals surface area contributed by atoms with Crippen LogP contribution in [0.2, 0.25) is 0 Å². The Balaban J connectivity index is 2.60. The van der Waals surface area contributed by atoms with Crippen LogP contribution in [0.25, 0.3) is 0 Å². The zero-order valence-corrected chi connectivity index (χ0v) is 7.88. The fourth-order valence-electron chi connectivity index (χ4n) is 1.88. The molecular weight excluding hydrogens is 152 g/mol. The Morgan fingerprint density at radius 2 is 2.25 bits per heavy atom. The van der Waals surface area contributed by atoms with Crippen LogP contribution < -0.4 is 0 Å². The van der Waals surface area contributed by atoms with E-state index in [2.05, 4.69) is 19.9 Å². The van der Waals surface area contributed by atoms with Crippen LogP contribution in [-0.4, -0.2) is 16.0 Å². The quantitative estimate of drug-likeness (QED) is 0.465. The first-order valence-electron chi connectivity index (χ1n) is 4.69. The van der Waals surface area contributed by atoms with Gasteiger partial charge in [0.15, 0.2) is 5.79 Å². The summed E-state index contributed by atoms with van der Waals surface area (Å²) >= 11 is 0. The van der Waals surface area contributed by atoms with Crippen molar-refractivity contribution in [3.63, 3.8) is 0 Å². The predicted octanol–water partition coefficient (Wildman–Crippen LogP) is 1.82. The Labute approximate surface area is 73.9 Å². The average Bonchev–Trinajstić information content (AvgIpc) is 1.94. The molecule has 0 heterocycles. The van der Waals surface area contributed by atoms with Crippen molar-refractivity contribution in [2.45, 2.75) is 45.3 Å². The molecule has 0 spiro atoms. The summed E-state index contributed by atoms with van der Waals surface area (Å²) in [6.45, 7) is 4.17. The van der Waals surface area contributed by atoms with Crippen molar-refractivity contribution in [1.29, 1.82) is 0 Å². The van der Waals surface area contributed by atoms with Crippen molar-refractivity contribution in [3.8, 4) is 0 Å². The molecule has 12 heavy (non-hydrogen) atoms. The molecule has 70 valence electrons. The third-order valence-electron chi connectivity index (χ3n) is 2.55. The van der Waals surface area contributed by atoms with E-state index in [1.165, 1.54) is 5.57 Å². The Bertz CT molecular complexity index is 182. The summed E-state index contributed by atoms with van der Waals surface area (Å²) < 4.78 is 0. The van der Waals surface area contributed by atoms with Crippen LogP contribution in [0.5, 0.6) is 0 Å². The summed E-state index contributed by atoms with van der Waals surface area (Å²) in [7, 11) is 0. The van der Waals surface area contributed by atoms with Crippen molar-refractivity contribution < 1.29 is 10.2 Å². The van der Waals surface area contributed by atoms with Crippen molar-refractivity contribution in [2.75, 3.05) is 0 Å². The van der Waals surface area contributed by atoms with E-state index in [1.807, 2.05) is 0 Å². The van der Waals surface area contributed by atoms with Crippen LogP contribution in [0.15, 0.2) is 11.6 Å². The molecule has 1 unspecified atom stereocenters. The molecule has 0 aromatic rings. The van der Waals surface area contributed by atoms with Gasteiger partial charge in [0, 0.05) is 12.8 Å². The van der Waals surface area contributed by atoms with Gasteiger partial charge in [0.25, 0.3) is 0 Å². The highest BCUT2D eigenvalue weighted by Gasteiger charge is 2.31. The molecule has 1 rings (SSSR count). The first-order valence-corrected chi connectivity index (χ1v) is 4.69. The van der Waals surface area contributed by atoms with Gasteiger partial charge in [-0.3, -0.25) is 0 Å². The van der Waals surface area contributed by atoms with Gasteiger partial charge in [-0.25, -0.2) is 0 Å². The first-order chi connectivity index (χ1) is 5.55. The Kier molecular flexibility index (Phi) is 2.91. The molecule has 2 N–H and O–H groups in total. The lowest BCUT2D eigenvalue weighted by Gasteiger charge is -2.32. The summed E-state index contributed by atoms with van der Waals surface area (Å²) in [6.07, 6.45) is 5.06. The molecule has 2 nitrogen and oxygen atoms in total. The smallest absolute Gasteiger partial charge is 0.163 e. The highest BCUT2D eigenvalue weighted by atomic mass is 16.5. The zero-order valence-electron chi connectivity index (χ0n) is 7.88. The molecule has 1 saturated carbocycles. The maximum atomic E-state index is 9.36. The van der Waals surface area contributed by atoms with Crippen molar-refractivity contribution >= 4 is 0 Å². The molecule has 1 fully saturated rings. The minimum atomic E-state index is -1.41. The summed E-state index contributed by atoms with van der Waals surface area (Å²) in [5.74, 6) is -1.08. The third kappa shape index (κ3) is 2.32. The second-order valence-corrected chi connectivity index (χ2v) is 3.77. The number of allylic oxidation sites excluding steroid dienone is 2. The second kappa shape index (κ2) is 3.58. The summed E-state index contributed by atoms with van der Waals surface area (Å²) in [5.41, 5.74) is 1.39. The second-order valence-electron chi connectivity index (χ2n) is 3.77. The van der Waals surface area contributed by atoms with Crippen LogP contribution in [0, 0.1) is 5.92 Å². The number of rotatable bonds is 1. The molecule has 0 bridgehead atoms. The normalized spacial score (nSPS) is 32.3. The van der Waals surface area contributed by atoms with Crippen LogP contribution in [-0.2, 0) is 0 Å². The fraction of sp³-hybridized carbons (Fsp3) is 0.800. The molecule has 0 amide bonds. The van der Waals surface area contributed by atoms with E-state index in [-0.39, 0.29) is 0 Å². The topological polar surface area (TPSA) is 40.5 Å². The SMILES string of the molecule is CC/C=C1\CCC(O)(O)CC1C. The lowest BCUT2D eigenvalue weighted by atomic mass is 9.81. The Morgan fingerprint density at radius 3 is 2.75 bits per heavy atom. The maximum Gasteiger partial charge on any atom is 0.163 e. The van der Waals surface area contributed by atoms with Gasteiger partial charge in [0.1, 0.15) is 0 Å². The largest absolute Gasteiger partial charge is 0.366 e. The fourth-order valence-corrected chi connectivity index (χ4v) is 1.88. The van der Waals surface area contributed by atoms with E-state index in [0.717, 1.165) is 12.8 Å². The summed E-state index contributed by atoms with van der Waals surface area (Å²) in [6, 6.07) is 0. The molecule has 0 aromatic heterocycles. The molecule has 2 heteroatoms. The van der Waals surface area contributed by atoms with E-state index in [4.69, 9.17) is 0 Å². The lowest BCUT2D eigenvalue weighted by Crippen LogP contribution is -2.34. The predicted molar refractivity (Wildman–Crippen MR) is 48.6 cm³/mol. The van der Waals surface area contributed by atoms with Gasteiger partial charge in [-0.1, -0.05) is 25.5 Å². The van der Waals surface area contributed by atoms with E-state index in [1.54, 1.807) is 0 Å². The zero-order chi connectivity index (χ0) is 9.19. The standard InChI is InChI=1S/C10H18O2/c1-3-4-9-5-6-10(11,12)7-8(9)2/h4,8,11-12H,3,5-7H2,1-2H3/b9-4+. The van der Waals surface area contributed by atoms with Crippen molar-refractivity contribution in [3.05, 3.63) is 11.6 Å². The van der Waals surface area contributed by atoms with Gasteiger partial charge >= 0.3 is 0 Å². The van der Waals surface area contributed by atoms with E-state index in [0.29, 0.717) is 18.8 Å². The highest BCUT2D eigenvalue weighted by molar-refractivity contribution is 5.10. The minimum Gasteiger partial charge on any atom is -0.366 e. The van der Waals surface area contributed by atoms with Crippen LogP contribution in [0.1, 0.15) is 39.5 Å². The molecule has 0 aliphatic heterocycles. The molecule has 1 aliphatic rings. The number of hydrogen-bond donors (Lipinski definition) is 2. The van der Waals surface area contributed by atoms with Gasteiger partial charge in [-0.2, -0.15) is 0 Å². The minimum absolute atomic E-state index is 0.327. The average molecular weight is 170 g/mol. The van der Waals surface area contributed by atoms with Gasteiger partial charge in [-0.05, 0) is 18.8 Å². The third-order valence-corrected chi connectivity index (χ3v) is 2.55. The van der Waals surface area contributed by atoms with Crippen LogP contribution in [0.3, 0.4) is 0 Å². The lowest BCUT2D eigenvalue weighted by molar-refractivity contribution is -0.182. The Morgan fingerprint density at radius 1 is 1.58 bits per heavy atom. The van der Waals surface area contributed by atoms with Crippen molar-refractivity contribution in [2.24, 2.45) is 5.92 Å². The number of aliphatic hydroxyl groups is 2. The molecule has 1 atom stereocenters.